The van der Waals surface area contributed by atoms with Gasteiger partial charge in [-0.05, 0) is 23.8 Å². The summed E-state index contributed by atoms with van der Waals surface area (Å²) in [5.74, 6) is -0.614. The lowest BCUT2D eigenvalue weighted by Gasteiger charge is -2.15. The fraction of sp³-hybridized carbons (Fsp3) is 0.300. The third kappa shape index (κ3) is 10.3. The SMILES string of the molecule is CN=C(NCCNC(=O)Cc1cccc(F)c1)NCc1ccccc1OC(F)(F)F.I. The number of guanidine groups is 1. The molecule has 0 spiro atoms. The van der Waals surface area contributed by atoms with Gasteiger partial charge in [0, 0.05) is 32.2 Å². The van der Waals surface area contributed by atoms with Gasteiger partial charge in [-0.15, -0.1) is 37.1 Å². The van der Waals surface area contributed by atoms with E-state index in [1.165, 1.54) is 43.4 Å². The van der Waals surface area contributed by atoms with Crippen LogP contribution in [0.5, 0.6) is 5.75 Å². The fourth-order valence-corrected chi connectivity index (χ4v) is 2.55. The van der Waals surface area contributed by atoms with Crippen LogP contribution in [0.1, 0.15) is 11.1 Å². The molecule has 0 unspecified atom stereocenters. The first-order chi connectivity index (χ1) is 14.3. The van der Waals surface area contributed by atoms with Gasteiger partial charge in [0.05, 0.1) is 6.42 Å². The van der Waals surface area contributed by atoms with E-state index in [-0.39, 0.29) is 55.1 Å². The highest BCUT2D eigenvalue weighted by Gasteiger charge is 2.31. The monoisotopic (exact) mass is 554 g/mol. The van der Waals surface area contributed by atoms with Crippen LogP contribution in [0.3, 0.4) is 0 Å². The average molecular weight is 554 g/mol. The number of carbonyl (C=O) groups is 1. The normalized spacial score (nSPS) is 11.3. The lowest BCUT2D eigenvalue weighted by Crippen LogP contribution is -2.41. The van der Waals surface area contributed by atoms with Crippen LogP contribution < -0.4 is 20.7 Å². The number of hydrogen-bond donors (Lipinski definition) is 3. The second-order valence-corrected chi connectivity index (χ2v) is 6.16. The predicted octanol–water partition coefficient (Wildman–Crippen LogP) is 3.37. The number of ether oxygens (including phenoxy) is 1. The van der Waals surface area contributed by atoms with Gasteiger partial charge in [-0.1, -0.05) is 30.3 Å². The molecule has 0 saturated heterocycles. The molecule has 2 aromatic rings. The topological polar surface area (TPSA) is 74.8 Å². The summed E-state index contributed by atoms with van der Waals surface area (Å²) >= 11 is 0. The van der Waals surface area contributed by atoms with Crippen molar-refractivity contribution in [1.82, 2.24) is 16.0 Å². The zero-order valence-electron chi connectivity index (χ0n) is 16.6. The van der Waals surface area contributed by atoms with E-state index in [2.05, 4.69) is 25.7 Å². The molecule has 0 fully saturated rings. The number of amides is 1. The van der Waals surface area contributed by atoms with Crippen LogP contribution in [0.4, 0.5) is 17.6 Å². The Labute approximate surface area is 194 Å². The fourth-order valence-electron chi connectivity index (χ4n) is 2.55. The molecular weight excluding hydrogens is 531 g/mol. The minimum absolute atomic E-state index is 0. The van der Waals surface area contributed by atoms with Gasteiger partial charge < -0.3 is 20.7 Å². The highest BCUT2D eigenvalue weighted by molar-refractivity contribution is 14.0. The standard InChI is InChI=1S/C20H22F4N4O2.HI/c1-25-19(28-13-15-6-2-3-8-17(15)30-20(22,23)24)27-10-9-26-18(29)12-14-5-4-7-16(21)11-14;/h2-8,11H,9-10,12-13H2,1H3,(H,26,29)(H2,25,27,28);1H. The zero-order chi connectivity index (χ0) is 22.0. The number of carbonyl (C=O) groups excluding carboxylic acids is 1. The van der Waals surface area contributed by atoms with Crippen LogP contribution in [0.25, 0.3) is 0 Å². The van der Waals surface area contributed by atoms with E-state index in [0.29, 0.717) is 23.6 Å². The molecule has 11 heteroatoms. The number of aliphatic imine (C=N–C) groups is 1. The van der Waals surface area contributed by atoms with Crippen molar-refractivity contribution >= 4 is 35.8 Å². The number of para-hydroxylation sites is 1. The summed E-state index contributed by atoms with van der Waals surface area (Å²) in [7, 11) is 1.51. The number of rotatable bonds is 8. The van der Waals surface area contributed by atoms with Crippen molar-refractivity contribution in [1.29, 1.82) is 0 Å². The first-order valence-corrected chi connectivity index (χ1v) is 9.06. The Morgan fingerprint density at radius 2 is 1.74 bits per heavy atom. The molecule has 2 aromatic carbocycles. The molecule has 0 aliphatic heterocycles. The molecule has 31 heavy (non-hydrogen) atoms. The minimum Gasteiger partial charge on any atom is -0.405 e. The van der Waals surface area contributed by atoms with Gasteiger partial charge in [-0.3, -0.25) is 9.79 Å². The van der Waals surface area contributed by atoms with Crippen LogP contribution in [0, 0.1) is 5.82 Å². The summed E-state index contributed by atoms with van der Waals surface area (Å²) in [6.45, 7) is 0.662. The quantitative estimate of drug-likeness (QED) is 0.154. The van der Waals surface area contributed by atoms with Crippen molar-refractivity contribution in [2.75, 3.05) is 20.1 Å². The molecule has 1 amide bonds. The molecule has 170 valence electrons. The summed E-state index contributed by atoms with van der Waals surface area (Å²) in [6, 6.07) is 11.6. The molecule has 0 radical (unpaired) electrons. The van der Waals surface area contributed by atoms with E-state index in [4.69, 9.17) is 0 Å². The predicted molar refractivity (Wildman–Crippen MR) is 120 cm³/mol. The summed E-state index contributed by atoms with van der Waals surface area (Å²) in [5, 5.41) is 8.51. The first kappa shape index (κ1) is 26.5. The van der Waals surface area contributed by atoms with Gasteiger partial charge in [0.1, 0.15) is 11.6 Å². The van der Waals surface area contributed by atoms with Crippen molar-refractivity contribution in [3.63, 3.8) is 0 Å². The van der Waals surface area contributed by atoms with Crippen LogP contribution in [0.2, 0.25) is 0 Å². The highest BCUT2D eigenvalue weighted by Crippen LogP contribution is 2.25. The second-order valence-electron chi connectivity index (χ2n) is 6.16. The van der Waals surface area contributed by atoms with E-state index >= 15 is 0 Å². The molecule has 0 bridgehead atoms. The average Bonchev–Trinajstić information content (AvgIpc) is 2.67. The molecule has 0 aromatic heterocycles. The Kier molecular flexibility index (Phi) is 11.1. The van der Waals surface area contributed by atoms with E-state index < -0.39 is 12.2 Å². The van der Waals surface area contributed by atoms with Gasteiger partial charge in [0.15, 0.2) is 5.96 Å². The summed E-state index contributed by atoms with van der Waals surface area (Å²) in [6.07, 6.45) is -4.72. The van der Waals surface area contributed by atoms with E-state index in [0.717, 1.165) is 0 Å². The Hall–Kier alpha value is -2.57. The lowest BCUT2D eigenvalue weighted by molar-refractivity contribution is -0.274. The van der Waals surface area contributed by atoms with Gasteiger partial charge >= 0.3 is 6.36 Å². The van der Waals surface area contributed by atoms with Gasteiger partial charge in [0.2, 0.25) is 5.91 Å². The van der Waals surface area contributed by atoms with Crippen LogP contribution >= 0.6 is 24.0 Å². The largest absolute Gasteiger partial charge is 0.573 e. The first-order valence-electron chi connectivity index (χ1n) is 9.06. The van der Waals surface area contributed by atoms with Crippen molar-refractivity contribution in [3.8, 4) is 5.75 Å². The molecule has 6 nitrogen and oxygen atoms in total. The Morgan fingerprint density at radius 3 is 2.42 bits per heavy atom. The smallest absolute Gasteiger partial charge is 0.405 e. The molecule has 0 aliphatic rings. The Bertz CT molecular complexity index is 878. The summed E-state index contributed by atoms with van der Waals surface area (Å²) in [4.78, 5) is 15.9. The molecule has 0 atom stereocenters. The molecule has 3 N–H and O–H groups in total. The minimum atomic E-state index is -4.78. The van der Waals surface area contributed by atoms with Crippen LogP contribution in [-0.2, 0) is 17.8 Å². The maximum atomic E-state index is 13.1. The van der Waals surface area contributed by atoms with Crippen LogP contribution in [-0.4, -0.2) is 38.4 Å². The highest BCUT2D eigenvalue weighted by atomic mass is 127. The molecular formula is C20H23F4IN4O2. The maximum Gasteiger partial charge on any atom is 0.573 e. The summed E-state index contributed by atoms with van der Waals surface area (Å²) in [5.41, 5.74) is 0.874. The third-order valence-electron chi connectivity index (χ3n) is 3.86. The number of nitrogens with one attached hydrogen (secondary N) is 3. The maximum absolute atomic E-state index is 13.1. The number of benzene rings is 2. The number of alkyl halides is 3. The molecule has 2 rings (SSSR count). The van der Waals surface area contributed by atoms with E-state index in [1.54, 1.807) is 12.1 Å². The second kappa shape index (κ2) is 13.0. The number of halogens is 5. The number of hydrogen-bond acceptors (Lipinski definition) is 3. The Morgan fingerprint density at radius 1 is 1.03 bits per heavy atom. The van der Waals surface area contributed by atoms with Crippen molar-refractivity contribution in [3.05, 3.63) is 65.5 Å². The number of nitrogens with zero attached hydrogens (tertiary/aromatic N) is 1. The van der Waals surface area contributed by atoms with Crippen LogP contribution in [0.15, 0.2) is 53.5 Å². The van der Waals surface area contributed by atoms with E-state index in [1.807, 2.05) is 0 Å². The molecule has 0 saturated carbocycles. The van der Waals surface area contributed by atoms with Crippen molar-refractivity contribution in [2.45, 2.75) is 19.3 Å². The van der Waals surface area contributed by atoms with Gasteiger partial charge in [-0.2, -0.15) is 0 Å². The van der Waals surface area contributed by atoms with E-state index in [9.17, 15) is 22.4 Å². The molecule has 0 heterocycles. The Balaban J connectivity index is 0.00000480. The zero-order valence-corrected chi connectivity index (χ0v) is 19.0. The molecule has 0 aliphatic carbocycles. The van der Waals surface area contributed by atoms with Crippen molar-refractivity contribution < 1.29 is 27.1 Å². The van der Waals surface area contributed by atoms with Gasteiger partial charge in [0.25, 0.3) is 0 Å². The lowest BCUT2D eigenvalue weighted by atomic mass is 10.1. The summed E-state index contributed by atoms with van der Waals surface area (Å²) < 4.78 is 54.6. The van der Waals surface area contributed by atoms with Gasteiger partial charge in [-0.25, -0.2) is 4.39 Å². The van der Waals surface area contributed by atoms with Crippen molar-refractivity contribution in [2.24, 2.45) is 4.99 Å². The third-order valence-corrected chi connectivity index (χ3v) is 3.86.